The molecule has 230 valence electrons. The van der Waals surface area contributed by atoms with Crippen LogP contribution in [0.25, 0.3) is 0 Å². The zero-order valence-corrected chi connectivity index (χ0v) is 16.5. The summed E-state index contributed by atoms with van der Waals surface area (Å²) < 4.78 is 323. The van der Waals surface area contributed by atoms with E-state index in [9.17, 15) is 101 Å². The molecule has 4 bridgehead atoms. The van der Waals surface area contributed by atoms with E-state index in [1.54, 1.807) is 0 Å². The molecule has 2 nitrogen and oxygen atoms in total. The number of hydrogen-bond acceptors (Lipinski definition) is 2. The first-order valence-electron chi connectivity index (χ1n) is 8.73. The topological polar surface area (TPSA) is 29.5 Å². The molecule has 4 rings (SSSR count). The molecule has 25 heteroatoms. The van der Waals surface area contributed by atoms with E-state index < -0.39 is 82.2 Å². The van der Waals surface area contributed by atoms with Gasteiger partial charge in [-0.2, -0.15) is 87.8 Å². The van der Waals surface area contributed by atoms with Gasteiger partial charge in [-0.25, -0.2) is 13.2 Å². The lowest BCUT2D eigenvalue weighted by atomic mass is 9.40. The van der Waals surface area contributed by atoms with Crippen molar-refractivity contribution < 1.29 is 111 Å². The lowest BCUT2D eigenvalue weighted by molar-refractivity contribution is -0.637. The second kappa shape index (κ2) is 6.52. The van der Waals surface area contributed by atoms with Crippen molar-refractivity contribution in [2.24, 2.45) is 0 Å². The third-order valence-electron chi connectivity index (χ3n) is 6.66. The van der Waals surface area contributed by atoms with E-state index in [1.165, 1.54) is 4.74 Å². The van der Waals surface area contributed by atoms with Crippen molar-refractivity contribution in [3.05, 3.63) is 0 Å². The molecule has 0 spiro atoms. The van der Waals surface area contributed by atoms with Crippen molar-refractivity contribution in [3.63, 3.8) is 0 Å². The number of alkyl halides is 23. The van der Waals surface area contributed by atoms with Gasteiger partial charge < -0.3 is 5.11 Å². The maximum absolute atomic E-state index is 14.7. The number of ether oxygens (including phenoxy) is 1. The van der Waals surface area contributed by atoms with Crippen molar-refractivity contribution >= 4 is 0 Å². The van der Waals surface area contributed by atoms with Crippen LogP contribution >= 0.6 is 0 Å². The summed E-state index contributed by atoms with van der Waals surface area (Å²) in [6, 6.07) is 0. The second-order valence-electron chi connectivity index (χ2n) is 8.42. The van der Waals surface area contributed by atoms with Gasteiger partial charge in [-0.05, 0) is 0 Å². The largest absolute Gasteiger partial charge is 0.459 e. The van der Waals surface area contributed by atoms with Gasteiger partial charge in [0.25, 0.3) is 5.60 Å². The highest BCUT2D eigenvalue weighted by atomic mass is 19.4. The fourth-order valence-electron chi connectivity index (χ4n) is 4.63. The average Bonchev–Trinajstić information content (AvgIpc) is 2.70. The number of aliphatic hydroxyl groups is 1. The highest BCUT2D eigenvalue weighted by Crippen LogP contribution is 2.89. The standard InChI is InChI=1S/C14HF23O2/c15-1-5(18,19)2(16)7(22,23)3(17,6(1,20)21)10(28,29)4(8(1,24)25,9(2,26)27)39-14(36,37)12(32,38)11(30,31)13(33,34)35/h38H. The van der Waals surface area contributed by atoms with E-state index >= 15 is 0 Å². The van der Waals surface area contributed by atoms with Crippen molar-refractivity contribution in [2.45, 2.75) is 82.2 Å². The molecule has 4 aliphatic rings. The molecule has 0 aromatic heterocycles. The summed E-state index contributed by atoms with van der Waals surface area (Å²) in [5, 5.41) is 8.35. The Kier molecular flexibility index (Phi) is 5.32. The van der Waals surface area contributed by atoms with E-state index in [4.69, 9.17) is 5.11 Å². The molecule has 1 atom stereocenters. The molecule has 39 heavy (non-hydrogen) atoms. The lowest BCUT2D eigenvalue weighted by Crippen LogP contribution is -3.10. The van der Waals surface area contributed by atoms with Crippen molar-refractivity contribution in [1.29, 1.82) is 0 Å². The molecule has 4 aliphatic carbocycles. The average molecular weight is 638 g/mol. The first-order valence-corrected chi connectivity index (χ1v) is 8.73. The fraction of sp³-hybridized carbons (Fsp3) is 1.00. The summed E-state index contributed by atoms with van der Waals surface area (Å²) in [6.07, 6.45) is -16.6. The van der Waals surface area contributed by atoms with Crippen LogP contribution in [0.5, 0.6) is 0 Å². The third kappa shape index (κ3) is 2.20. The van der Waals surface area contributed by atoms with Gasteiger partial charge in [0.1, 0.15) is 0 Å². The Morgan fingerprint density at radius 1 is 0.410 bits per heavy atom. The maximum Gasteiger partial charge on any atom is 0.459 e. The Labute approximate surface area is 194 Å². The van der Waals surface area contributed by atoms with Crippen LogP contribution in [0.2, 0.25) is 0 Å². The predicted molar refractivity (Wildman–Crippen MR) is 67.0 cm³/mol. The third-order valence-corrected chi connectivity index (χ3v) is 6.66. The van der Waals surface area contributed by atoms with Gasteiger partial charge in [0, 0.05) is 0 Å². The number of hydrogen-bond donors (Lipinski definition) is 1. The van der Waals surface area contributed by atoms with E-state index in [0.717, 1.165) is 0 Å². The van der Waals surface area contributed by atoms with Crippen molar-refractivity contribution in [2.75, 3.05) is 0 Å². The van der Waals surface area contributed by atoms with E-state index in [1.807, 2.05) is 0 Å². The Hall–Kier alpha value is -1.69. The van der Waals surface area contributed by atoms with Gasteiger partial charge in [0.15, 0.2) is 0 Å². The molecule has 0 radical (unpaired) electrons. The van der Waals surface area contributed by atoms with Crippen LogP contribution < -0.4 is 0 Å². The maximum atomic E-state index is 14.7. The molecular weight excluding hydrogens is 637 g/mol. The summed E-state index contributed by atoms with van der Waals surface area (Å²) in [5.74, 6) is -68.9. The predicted octanol–water partition coefficient (Wildman–Crippen LogP) is 6.17. The molecule has 0 aliphatic heterocycles. The van der Waals surface area contributed by atoms with Crippen LogP contribution in [-0.4, -0.2) is 87.3 Å². The van der Waals surface area contributed by atoms with E-state index in [-0.39, 0.29) is 0 Å². The number of rotatable bonds is 4. The van der Waals surface area contributed by atoms with Gasteiger partial charge in [0.05, 0.1) is 0 Å². The first-order chi connectivity index (χ1) is 16.5. The van der Waals surface area contributed by atoms with Gasteiger partial charge in [0.2, 0.25) is 0 Å². The van der Waals surface area contributed by atoms with Crippen LogP contribution in [0.15, 0.2) is 0 Å². The summed E-state index contributed by atoms with van der Waals surface area (Å²) in [5.41, 5.74) is -34.6. The molecule has 4 fully saturated rings. The van der Waals surface area contributed by atoms with Gasteiger partial charge in [-0.1, -0.05) is 0 Å². The normalized spacial score (nSPS) is 42.8. The minimum absolute atomic E-state index is 1.40. The Bertz CT molecular complexity index is 972. The Morgan fingerprint density at radius 2 is 0.641 bits per heavy atom. The minimum Gasteiger partial charge on any atom is -0.350 e. The quantitative estimate of drug-likeness (QED) is 0.374. The Morgan fingerprint density at radius 3 is 0.846 bits per heavy atom. The number of halogens is 23. The molecule has 0 heterocycles. The molecule has 0 amide bonds. The highest BCUT2D eigenvalue weighted by Gasteiger charge is 3.24. The molecule has 4 saturated carbocycles. The summed E-state index contributed by atoms with van der Waals surface area (Å²) in [7, 11) is 0. The fourth-order valence-corrected chi connectivity index (χ4v) is 4.63. The molecular formula is C14HF23O2. The first kappa shape index (κ1) is 31.8. The Balaban J connectivity index is 2.59. The van der Waals surface area contributed by atoms with Gasteiger partial charge in [-0.3, -0.25) is 4.74 Å². The van der Waals surface area contributed by atoms with E-state index in [0.29, 0.717) is 0 Å². The van der Waals surface area contributed by atoms with Crippen LogP contribution in [0.1, 0.15) is 0 Å². The van der Waals surface area contributed by atoms with Gasteiger partial charge in [-0.15, -0.1) is 0 Å². The minimum atomic E-state index is -8.87. The van der Waals surface area contributed by atoms with Gasteiger partial charge >= 0.3 is 76.6 Å². The smallest absolute Gasteiger partial charge is 0.350 e. The zero-order chi connectivity index (χ0) is 31.7. The van der Waals surface area contributed by atoms with Crippen molar-refractivity contribution in [1.82, 2.24) is 0 Å². The second-order valence-corrected chi connectivity index (χ2v) is 8.42. The van der Waals surface area contributed by atoms with Crippen LogP contribution in [-0.2, 0) is 4.74 Å². The highest BCUT2D eigenvalue weighted by molar-refractivity contribution is 5.54. The van der Waals surface area contributed by atoms with Crippen LogP contribution in [0.4, 0.5) is 101 Å². The lowest BCUT2D eigenvalue weighted by Gasteiger charge is -2.74. The van der Waals surface area contributed by atoms with E-state index in [2.05, 4.69) is 0 Å². The molecule has 0 aromatic rings. The summed E-state index contributed by atoms with van der Waals surface area (Å²) in [4.78, 5) is 0. The van der Waals surface area contributed by atoms with Crippen LogP contribution in [0.3, 0.4) is 0 Å². The van der Waals surface area contributed by atoms with Crippen molar-refractivity contribution in [3.8, 4) is 0 Å². The van der Waals surface area contributed by atoms with Crippen LogP contribution in [0, 0.1) is 0 Å². The zero-order valence-electron chi connectivity index (χ0n) is 16.5. The molecule has 1 N–H and O–H groups in total. The summed E-state index contributed by atoms with van der Waals surface area (Å²) in [6.45, 7) is 0. The molecule has 0 saturated heterocycles. The molecule has 1 unspecified atom stereocenters. The summed E-state index contributed by atoms with van der Waals surface area (Å²) >= 11 is 0. The molecule has 0 aromatic carbocycles. The SMILES string of the molecule is OC(F)(C(F)(F)OC12C(F)(F)C3(F)C(F)(F)C(F)(C(F)(F)C(F)(C3(F)F)C1(F)F)C2(F)F)C(F)(F)C(F)(F)F. The monoisotopic (exact) mass is 638 g/mol.